The van der Waals surface area contributed by atoms with Crippen LogP contribution >= 0.6 is 15.9 Å². The minimum absolute atomic E-state index is 0.390. The van der Waals surface area contributed by atoms with E-state index in [1.165, 1.54) is 41.3 Å². The molecule has 0 aliphatic heterocycles. The van der Waals surface area contributed by atoms with Crippen molar-refractivity contribution in [3.8, 4) is 0 Å². The lowest BCUT2D eigenvalue weighted by molar-refractivity contribution is 0.576. The van der Waals surface area contributed by atoms with Crippen LogP contribution in [0.1, 0.15) is 49.8 Å². The van der Waals surface area contributed by atoms with Crippen LogP contribution in [0.25, 0.3) is 0 Å². The molecule has 1 aromatic rings. The molecule has 2 heteroatoms. The van der Waals surface area contributed by atoms with Crippen molar-refractivity contribution in [3.05, 3.63) is 45.4 Å². The second-order valence-corrected chi connectivity index (χ2v) is 5.94. The van der Waals surface area contributed by atoms with Gasteiger partial charge in [0, 0.05) is 4.47 Å². The molecule has 1 N–H and O–H groups in total. The van der Waals surface area contributed by atoms with E-state index in [1.54, 1.807) is 5.57 Å². The van der Waals surface area contributed by atoms with Gasteiger partial charge in [-0.1, -0.05) is 52.2 Å². The average Bonchev–Trinajstić information content (AvgIpc) is 2.88. The van der Waals surface area contributed by atoms with E-state index in [2.05, 4.69) is 59.4 Å². The van der Waals surface area contributed by atoms with E-state index in [-0.39, 0.29) is 0 Å². The highest BCUT2D eigenvalue weighted by Gasteiger charge is 2.20. The predicted octanol–water partition coefficient (Wildman–Crippen LogP) is 4.91. The lowest BCUT2D eigenvalue weighted by atomic mass is 9.96. The second-order valence-electron chi connectivity index (χ2n) is 5.08. The van der Waals surface area contributed by atoms with Crippen molar-refractivity contribution in [2.24, 2.45) is 0 Å². The third kappa shape index (κ3) is 3.24. The molecule has 0 saturated carbocycles. The molecule has 1 atom stereocenters. The maximum atomic E-state index is 3.70. The third-order valence-electron chi connectivity index (χ3n) is 3.51. The molecule has 0 aromatic heterocycles. The fraction of sp³-hybridized carbons (Fsp3) is 0.500. The maximum absolute atomic E-state index is 3.70. The minimum Gasteiger partial charge on any atom is -0.306 e. The molecule has 0 amide bonds. The highest BCUT2D eigenvalue weighted by atomic mass is 79.9. The van der Waals surface area contributed by atoms with Gasteiger partial charge in [0.2, 0.25) is 0 Å². The van der Waals surface area contributed by atoms with E-state index in [0.29, 0.717) is 6.04 Å². The Labute approximate surface area is 119 Å². The van der Waals surface area contributed by atoms with E-state index in [4.69, 9.17) is 0 Å². The lowest BCUT2D eigenvalue weighted by Crippen LogP contribution is -2.24. The first-order chi connectivity index (χ1) is 8.72. The van der Waals surface area contributed by atoms with E-state index in [9.17, 15) is 0 Å². The van der Waals surface area contributed by atoms with Crippen LogP contribution < -0.4 is 5.32 Å². The Hall–Kier alpha value is -0.600. The predicted molar refractivity (Wildman–Crippen MR) is 81.8 cm³/mol. The van der Waals surface area contributed by atoms with Gasteiger partial charge in [-0.2, -0.15) is 0 Å². The molecule has 18 heavy (non-hydrogen) atoms. The minimum atomic E-state index is 0.390. The quantitative estimate of drug-likeness (QED) is 0.762. The molecule has 1 nitrogen and oxygen atoms in total. The summed E-state index contributed by atoms with van der Waals surface area (Å²) < 4.78 is 1.22. The van der Waals surface area contributed by atoms with Crippen LogP contribution in [0.2, 0.25) is 0 Å². The van der Waals surface area contributed by atoms with Crippen LogP contribution in [0.15, 0.2) is 34.3 Å². The average molecular weight is 308 g/mol. The number of aryl methyl sites for hydroxylation is 1. The normalized spacial score (nSPS) is 16.7. The number of hydrogen-bond acceptors (Lipinski definition) is 1. The van der Waals surface area contributed by atoms with Gasteiger partial charge in [-0.15, -0.1) is 0 Å². The lowest BCUT2D eigenvalue weighted by Gasteiger charge is -2.22. The number of hydrogen-bond donors (Lipinski definition) is 1. The first-order valence-electron chi connectivity index (χ1n) is 6.90. The summed E-state index contributed by atoms with van der Waals surface area (Å²) >= 11 is 3.70. The Balaban J connectivity index is 2.29. The molecule has 0 heterocycles. The molecular weight excluding hydrogens is 286 g/mol. The number of allylic oxidation sites excluding steroid dienone is 1. The van der Waals surface area contributed by atoms with Gasteiger partial charge in [0.25, 0.3) is 0 Å². The molecule has 0 radical (unpaired) electrons. The SMILES string of the molecule is CCCNC(C1=CCCC1)c1cc(C)ccc1Br. The number of nitrogens with one attached hydrogen (secondary N) is 1. The summed E-state index contributed by atoms with van der Waals surface area (Å²) in [6, 6.07) is 7.02. The van der Waals surface area contributed by atoms with Crippen molar-refractivity contribution in [1.29, 1.82) is 0 Å². The van der Waals surface area contributed by atoms with Crippen molar-refractivity contribution in [3.63, 3.8) is 0 Å². The van der Waals surface area contributed by atoms with Gasteiger partial charge in [0.05, 0.1) is 6.04 Å². The third-order valence-corrected chi connectivity index (χ3v) is 4.23. The van der Waals surface area contributed by atoms with Gasteiger partial charge in [0.15, 0.2) is 0 Å². The van der Waals surface area contributed by atoms with Crippen molar-refractivity contribution in [2.75, 3.05) is 6.54 Å². The van der Waals surface area contributed by atoms with Crippen LogP contribution in [-0.4, -0.2) is 6.54 Å². The first kappa shape index (κ1) is 13.8. The highest BCUT2D eigenvalue weighted by molar-refractivity contribution is 9.10. The van der Waals surface area contributed by atoms with Gasteiger partial charge in [-0.3, -0.25) is 0 Å². The Kier molecular flexibility index (Phi) is 5.02. The molecule has 0 fully saturated rings. The summed E-state index contributed by atoms with van der Waals surface area (Å²) in [5.74, 6) is 0. The molecule has 1 aliphatic carbocycles. The highest BCUT2D eigenvalue weighted by Crippen LogP contribution is 2.34. The van der Waals surface area contributed by atoms with Crippen LogP contribution in [0, 0.1) is 6.92 Å². The van der Waals surface area contributed by atoms with E-state index in [0.717, 1.165) is 6.54 Å². The van der Waals surface area contributed by atoms with Crippen LogP contribution in [0.3, 0.4) is 0 Å². The Morgan fingerprint density at radius 3 is 2.89 bits per heavy atom. The van der Waals surface area contributed by atoms with E-state index in [1.807, 2.05) is 0 Å². The molecule has 2 rings (SSSR count). The Morgan fingerprint density at radius 2 is 2.22 bits per heavy atom. The summed E-state index contributed by atoms with van der Waals surface area (Å²) in [5.41, 5.74) is 4.28. The van der Waals surface area contributed by atoms with E-state index >= 15 is 0 Å². The molecule has 98 valence electrons. The monoisotopic (exact) mass is 307 g/mol. The summed E-state index contributed by atoms with van der Waals surface area (Å²) in [5, 5.41) is 3.70. The van der Waals surface area contributed by atoms with Gasteiger partial charge in [0.1, 0.15) is 0 Å². The Bertz CT molecular complexity index is 437. The van der Waals surface area contributed by atoms with Crippen molar-refractivity contribution >= 4 is 15.9 Å². The molecule has 1 aliphatic rings. The van der Waals surface area contributed by atoms with Crippen molar-refractivity contribution in [2.45, 2.75) is 45.6 Å². The maximum Gasteiger partial charge on any atom is 0.0547 e. The number of benzene rings is 1. The zero-order valence-corrected chi connectivity index (χ0v) is 12.9. The van der Waals surface area contributed by atoms with Gasteiger partial charge in [-0.25, -0.2) is 0 Å². The molecule has 0 saturated heterocycles. The molecule has 0 spiro atoms. The topological polar surface area (TPSA) is 12.0 Å². The summed E-state index contributed by atoms with van der Waals surface area (Å²) in [4.78, 5) is 0. The van der Waals surface area contributed by atoms with Crippen LogP contribution in [-0.2, 0) is 0 Å². The van der Waals surface area contributed by atoms with Crippen LogP contribution in [0.5, 0.6) is 0 Å². The summed E-state index contributed by atoms with van der Waals surface area (Å²) in [7, 11) is 0. The molecule has 1 aromatic carbocycles. The van der Waals surface area contributed by atoms with Crippen LogP contribution in [0.4, 0.5) is 0 Å². The second kappa shape index (κ2) is 6.53. The van der Waals surface area contributed by atoms with Gasteiger partial charge in [-0.05, 0) is 50.8 Å². The standard InChI is InChI=1S/C16H22BrN/c1-3-10-18-16(13-6-4-5-7-13)14-11-12(2)8-9-15(14)17/h6,8-9,11,16,18H,3-5,7,10H2,1-2H3. The number of rotatable bonds is 5. The number of halogens is 1. The van der Waals surface area contributed by atoms with Crippen molar-refractivity contribution in [1.82, 2.24) is 5.32 Å². The molecule has 1 unspecified atom stereocenters. The zero-order chi connectivity index (χ0) is 13.0. The summed E-state index contributed by atoms with van der Waals surface area (Å²) in [6.45, 7) is 5.45. The van der Waals surface area contributed by atoms with Gasteiger partial charge >= 0.3 is 0 Å². The molecular formula is C16H22BrN. The van der Waals surface area contributed by atoms with E-state index < -0.39 is 0 Å². The first-order valence-corrected chi connectivity index (χ1v) is 7.70. The fourth-order valence-electron chi connectivity index (χ4n) is 2.57. The summed E-state index contributed by atoms with van der Waals surface area (Å²) in [6.07, 6.45) is 7.38. The largest absolute Gasteiger partial charge is 0.306 e. The smallest absolute Gasteiger partial charge is 0.0547 e. The van der Waals surface area contributed by atoms with Crippen molar-refractivity contribution < 1.29 is 0 Å². The van der Waals surface area contributed by atoms with Gasteiger partial charge < -0.3 is 5.32 Å². The fourth-order valence-corrected chi connectivity index (χ4v) is 3.05. The Morgan fingerprint density at radius 1 is 1.39 bits per heavy atom. The zero-order valence-electron chi connectivity index (χ0n) is 11.3. The molecule has 0 bridgehead atoms.